The summed E-state index contributed by atoms with van der Waals surface area (Å²) < 4.78 is 5.03. The second-order valence-electron chi connectivity index (χ2n) is 5.14. The van der Waals surface area contributed by atoms with Crippen LogP contribution in [0.2, 0.25) is 0 Å². The molecule has 0 aromatic carbocycles. The van der Waals surface area contributed by atoms with Crippen LogP contribution in [0.3, 0.4) is 0 Å². The molecule has 21 heavy (non-hydrogen) atoms. The monoisotopic (exact) mass is 307 g/mol. The number of aryl methyl sites for hydroxylation is 2. The fourth-order valence-corrected chi connectivity index (χ4v) is 3.22. The quantitative estimate of drug-likeness (QED) is 0.929. The van der Waals surface area contributed by atoms with Crippen molar-refractivity contribution in [1.82, 2.24) is 20.0 Å². The average Bonchev–Trinajstić information content (AvgIpc) is 3.12. The molecule has 8 heteroatoms. The average molecular weight is 307 g/mol. The van der Waals surface area contributed by atoms with Crippen molar-refractivity contribution in [2.24, 2.45) is 0 Å². The minimum absolute atomic E-state index is 0.0588. The highest BCUT2D eigenvalue weighted by Gasteiger charge is 2.31. The summed E-state index contributed by atoms with van der Waals surface area (Å²) in [4.78, 5) is 22.7. The molecule has 1 fully saturated rings. The number of thiazole rings is 1. The number of anilines is 1. The molecule has 0 bridgehead atoms. The number of nitrogens with zero attached hydrogens (tertiary/aromatic N) is 4. The van der Waals surface area contributed by atoms with Crippen LogP contribution >= 0.6 is 11.3 Å². The van der Waals surface area contributed by atoms with Gasteiger partial charge in [0.25, 0.3) is 0 Å². The molecule has 0 aliphatic carbocycles. The molecular formula is C13H17N5O2S. The van der Waals surface area contributed by atoms with Crippen molar-refractivity contribution >= 4 is 22.4 Å². The summed E-state index contributed by atoms with van der Waals surface area (Å²) in [5.74, 6) is 1.17. The molecule has 1 N–H and O–H groups in total. The normalized spacial score (nSPS) is 19.0. The topological polar surface area (TPSA) is 84.2 Å². The first kappa shape index (κ1) is 14.2. The van der Waals surface area contributed by atoms with E-state index in [1.807, 2.05) is 12.3 Å². The van der Waals surface area contributed by atoms with E-state index >= 15 is 0 Å². The Bertz CT molecular complexity index is 638. The molecule has 2 aromatic rings. The Hall–Kier alpha value is -1.80. The van der Waals surface area contributed by atoms with E-state index in [-0.39, 0.29) is 11.9 Å². The third-order valence-corrected chi connectivity index (χ3v) is 4.29. The molecular weight excluding hydrogens is 290 g/mol. The van der Waals surface area contributed by atoms with Gasteiger partial charge < -0.3 is 9.84 Å². The lowest BCUT2D eigenvalue weighted by Gasteiger charge is -2.20. The number of nitrogens with one attached hydrogen (secondary N) is 1. The molecule has 0 saturated carbocycles. The Kier molecular flexibility index (Phi) is 3.98. The molecule has 112 valence electrons. The molecule has 7 nitrogen and oxygen atoms in total. The van der Waals surface area contributed by atoms with E-state index in [2.05, 4.69) is 25.3 Å². The minimum atomic E-state index is -0.0588. The lowest BCUT2D eigenvalue weighted by atomic mass is 10.2. The number of carbonyl (C=O) groups excluding carboxylic acids is 1. The van der Waals surface area contributed by atoms with E-state index in [0.717, 1.165) is 25.1 Å². The van der Waals surface area contributed by atoms with E-state index in [0.29, 0.717) is 23.4 Å². The summed E-state index contributed by atoms with van der Waals surface area (Å²) in [5, 5.41) is 9.36. The number of amides is 1. The summed E-state index contributed by atoms with van der Waals surface area (Å²) in [7, 11) is 0. The highest BCUT2D eigenvalue weighted by Crippen LogP contribution is 2.29. The first-order chi connectivity index (χ1) is 10.1. The Labute approximate surface area is 126 Å². The van der Waals surface area contributed by atoms with Crippen molar-refractivity contribution in [2.45, 2.75) is 32.7 Å². The van der Waals surface area contributed by atoms with Crippen LogP contribution in [0.5, 0.6) is 0 Å². The smallest absolute Gasteiger partial charge is 0.240 e. The van der Waals surface area contributed by atoms with Crippen LogP contribution in [0.25, 0.3) is 0 Å². The highest BCUT2D eigenvalue weighted by molar-refractivity contribution is 7.13. The van der Waals surface area contributed by atoms with Gasteiger partial charge in [-0.1, -0.05) is 5.16 Å². The van der Waals surface area contributed by atoms with E-state index in [1.54, 1.807) is 6.92 Å². The fraction of sp³-hybridized carbons (Fsp3) is 0.538. The molecule has 2 aromatic heterocycles. The van der Waals surface area contributed by atoms with Crippen molar-refractivity contribution in [3.05, 3.63) is 22.8 Å². The zero-order chi connectivity index (χ0) is 14.8. The van der Waals surface area contributed by atoms with E-state index in [1.165, 1.54) is 11.3 Å². The van der Waals surface area contributed by atoms with Gasteiger partial charge in [0.05, 0.1) is 18.3 Å². The molecule has 0 unspecified atom stereocenters. The number of aromatic nitrogens is 3. The van der Waals surface area contributed by atoms with Gasteiger partial charge in [0.15, 0.2) is 11.0 Å². The Morgan fingerprint density at radius 2 is 2.38 bits per heavy atom. The van der Waals surface area contributed by atoms with Crippen LogP contribution in [0.1, 0.15) is 36.3 Å². The third-order valence-electron chi connectivity index (χ3n) is 3.42. The van der Waals surface area contributed by atoms with Crippen LogP contribution in [0.15, 0.2) is 9.90 Å². The summed E-state index contributed by atoms with van der Waals surface area (Å²) >= 11 is 1.44. The van der Waals surface area contributed by atoms with Gasteiger partial charge in [0, 0.05) is 12.3 Å². The number of rotatable bonds is 4. The second kappa shape index (κ2) is 5.90. The van der Waals surface area contributed by atoms with Gasteiger partial charge in [-0.25, -0.2) is 4.98 Å². The summed E-state index contributed by atoms with van der Waals surface area (Å²) in [6.07, 6.45) is 1.98. The molecule has 1 amide bonds. The van der Waals surface area contributed by atoms with Gasteiger partial charge in [-0.15, -0.1) is 11.3 Å². The molecule has 3 rings (SSSR count). The van der Waals surface area contributed by atoms with Crippen LogP contribution in [-0.2, 0) is 4.79 Å². The lowest BCUT2D eigenvalue weighted by Crippen LogP contribution is -2.33. The van der Waals surface area contributed by atoms with Gasteiger partial charge in [0.2, 0.25) is 11.8 Å². The maximum atomic E-state index is 12.1. The largest absolute Gasteiger partial charge is 0.340 e. The van der Waals surface area contributed by atoms with Gasteiger partial charge >= 0.3 is 0 Å². The van der Waals surface area contributed by atoms with Gasteiger partial charge in [-0.3, -0.25) is 9.69 Å². The Morgan fingerprint density at radius 1 is 1.52 bits per heavy atom. The van der Waals surface area contributed by atoms with E-state index < -0.39 is 0 Å². The predicted molar refractivity (Wildman–Crippen MR) is 78.1 cm³/mol. The fourth-order valence-electron chi connectivity index (χ4n) is 2.51. The van der Waals surface area contributed by atoms with Crippen LogP contribution in [-0.4, -0.2) is 39.0 Å². The lowest BCUT2D eigenvalue weighted by molar-refractivity contribution is -0.117. The Balaban J connectivity index is 1.62. The van der Waals surface area contributed by atoms with Crippen molar-refractivity contribution in [2.75, 3.05) is 18.4 Å². The van der Waals surface area contributed by atoms with Crippen molar-refractivity contribution in [3.63, 3.8) is 0 Å². The molecule has 3 heterocycles. The number of carbonyl (C=O) groups is 1. The third kappa shape index (κ3) is 3.27. The van der Waals surface area contributed by atoms with Crippen molar-refractivity contribution in [3.8, 4) is 0 Å². The van der Waals surface area contributed by atoms with Crippen molar-refractivity contribution in [1.29, 1.82) is 0 Å². The van der Waals surface area contributed by atoms with E-state index in [9.17, 15) is 4.79 Å². The number of hydrogen-bond acceptors (Lipinski definition) is 7. The van der Waals surface area contributed by atoms with Gasteiger partial charge in [0.1, 0.15) is 0 Å². The Morgan fingerprint density at radius 3 is 3.05 bits per heavy atom. The van der Waals surface area contributed by atoms with Crippen LogP contribution in [0.4, 0.5) is 5.13 Å². The first-order valence-corrected chi connectivity index (χ1v) is 7.76. The van der Waals surface area contributed by atoms with Crippen molar-refractivity contribution < 1.29 is 9.32 Å². The zero-order valence-electron chi connectivity index (χ0n) is 12.0. The maximum Gasteiger partial charge on any atom is 0.240 e. The van der Waals surface area contributed by atoms with Gasteiger partial charge in [-0.2, -0.15) is 4.98 Å². The van der Waals surface area contributed by atoms with Gasteiger partial charge in [-0.05, 0) is 26.3 Å². The maximum absolute atomic E-state index is 12.1. The minimum Gasteiger partial charge on any atom is -0.340 e. The summed E-state index contributed by atoms with van der Waals surface area (Å²) in [6.45, 7) is 4.86. The highest BCUT2D eigenvalue weighted by atomic mass is 32.1. The molecule has 0 spiro atoms. The molecule has 1 aliphatic heterocycles. The summed E-state index contributed by atoms with van der Waals surface area (Å²) in [6, 6.07) is 0.0613. The zero-order valence-corrected chi connectivity index (χ0v) is 12.8. The number of hydrogen-bond donors (Lipinski definition) is 1. The first-order valence-electron chi connectivity index (χ1n) is 6.88. The standard InChI is InChI=1S/C13H17N5O2S/c1-8-7-21-13(14-8)16-11(19)6-18-5-3-4-10(18)12-15-9(2)20-17-12/h7,10H,3-6H2,1-2H3,(H,14,16,19)/t10-/m0/s1. The van der Waals surface area contributed by atoms with Crippen LogP contribution < -0.4 is 5.32 Å². The molecule has 1 saturated heterocycles. The van der Waals surface area contributed by atoms with Crippen LogP contribution in [0, 0.1) is 13.8 Å². The van der Waals surface area contributed by atoms with E-state index in [4.69, 9.17) is 4.52 Å². The molecule has 1 aliphatic rings. The SMILES string of the molecule is Cc1csc(NC(=O)CN2CCC[C@H]2c2noc(C)n2)n1. The number of likely N-dealkylation sites (tertiary alicyclic amines) is 1. The molecule has 0 radical (unpaired) electrons. The summed E-state index contributed by atoms with van der Waals surface area (Å²) in [5.41, 5.74) is 0.914. The predicted octanol–water partition coefficient (Wildman–Crippen LogP) is 1.92. The molecule has 1 atom stereocenters. The second-order valence-corrected chi connectivity index (χ2v) is 6.00.